The molecule has 1 aliphatic rings. The van der Waals surface area contributed by atoms with Crippen molar-refractivity contribution in [2.45, 2.75) is 19.3 Å². The number of hydrogen-bond donors (Lipinski definition) is 0. The zero-order valence-corrected chi connectivity index (χ0v) is 31.9. The molecule has 1 aliphatic carbocycles. The molecule has 0 aliphatic heterocycles. The molecular formula is C55H39NO. The van der Waals surface area contributed by atoms with E-state index in [1.54, 1.807) is 0 Å². The van der Waals surface area contributed by atoms with E-state index in [-0.39, 0.29) is 5.41 Å². The first kappa shape index (κ1) is 33.2. The van der Waals surface area contributed by atoms with Gasteiger partial charge in [-0.2, -0.15) is 0 Å². The Hall–Kier alpha value is -7.16. The second-order valence-electron chi connectivity index (χ2n) is 15.7. The zero-order valence-electron chi connectivity index (χ0n) is 31.9. The molecule has 0 radical (unpaired) electrons. The quantitative estimate of drug-likeness (QED) is 0.169. The van der Waals surface area contributed by atoms with Crippen LogP contribution >= 0.6 is 0 Å². The van der Waals surface area contributed by atoms with E-state index in [0.29, 0.717) is 0 Å². The van der Waals surface area contributed by atoms with Gasteiger partial charge in [0.05, 0.1) is 11.1 Å². The molecule has 0 atom stereocenters. The summed E-state index contributed by atoms with van der Waals surface area (Å²) in [4.78, 5) is 2.41. The number of para-hydroxylation sites is 1. The molecule has 2 nitrogen and oxygen atoms in total. The van der Waals surface area contributed by atoms with Crippen molar-refractivity contribution in [1.29, 1.82) is 0 Å². The van der Waals surface area contributed by atoms with Crippen molar-refractivity contribution < 1.29 is 4.42 Å². The molecule has 1 aromatic heterocycles. The van der Waals surface area contributed by atoms with Crippen LogP contribution in [0, 0.1) is 0 Å². The van der Waals surface area contributed by atoms with Crippen molar-refractivity contribution in [2.75, 3.05) is 4.90 Å². The van der Waals surface area contributed by atoms with Crippen molar-refractivity contribution >= 4 is 49.8 Å². The predicted octanol–water partition coefficient (Wildman–Crippen LogP) is 15.5. The predicted molar refractivity (Wildman–Crippen MR) is 240 cm³/mol. The van der Waals surface area contributed by atoms with E-state index >= 15 is 0 Å². The van der Waals surface area contributed by atoms with Crippen LogP contribution in [0.25, 0.3) is 77.2 Å². The molecule has 57 heavy (non-hydrogen) atoms. The van der Waals surface area contributed by atoms with Gasteiger partial charge in [0.15, 0.2) is 0 Å². The normalized spacial score (nSPS) is 12.9. The summed E-state index contributed by atoms with van der Waals surface area (Å²) in [6.07, 6.45) is 0. The van der Waals surface area contributed by atoms with Crippen molar-refractivity contribution in [3.05, 3.63) is 211 Å². The fraction of sp³-hybridized carbons (Fsp3) is 0.0545. The number of rotatable bonds is 6. The zero-order chi connectivity index (χ0) is 38.1. The van der Waals surface area contributed by atoms with Crippen molar-refractivity contribution in [2.24, 2.45) is 0 Å². The minimum atomic E-state index is -0.117. The average Bonchev–Trinajstić information content (AvgIpc) is 3.75. The van der Waals surface area contributed by atoms with Gasteiger partial charge in [-0.1, -0.05) is 172 Å². The van der Waals surface area contributed by atoms with Crippen LogP contribution in [0.5, 0.6) is 0 Å². The van der Waals surface area contributed by atoms with Gasteiger partial charge in [0.1, 0.15) is 11.2 Å². The third kappa shape index (κ3) is 5.33. The Morgan fingerprint density at radius 2 is 1.02 bits per heavy atom. The summed E-state index contributed by atoms with van der Waals surface area (Å²) in [7, 11) is 0. The molecule has 270 valence electrons. The third-order valence-electron chi connectivity index (χ3n) is 12.1. The second-order valence-corrected chi connectivity index (χ2v) is 15.7. The number of benzene rings is 9. The van der Waals surface area contributed by atoms with Crippen molar-refractivity contribution in [3.8, 4) is 44.5 Å². The van der Waals surface area contributed by atoms with Crippen LogP contribution < -0.4 is 4.90 Å². The molecule has 0 saturated carbocycles. The molecule has 1 heterocycles. The lowest BCUT2D eigenvalue weighted by atomic mass is 9.82. The van der Waals surface area contributed by atoms with Crippen LogP contribution in [0.1, 0.15) is 25.0 Å². The number of fused-ring (bicyclic) bond motifs is 7. The van der Waals surface area contributed by atoms with E-state index in [9.17, 15) is 0 Å². The third-order valence-corrected chi connectivity index (χ3v) is 12.1. The van der Waals surface area contributed by atoms with Gasteiger partial charge in [-0.25, -0.2) is 0 Å². The Bertz CT molecular complexity index is 3120. The topological polar surface area (TPSA) is 16.4 Å². The lowest BCUT2D eigenvalue weighted by Gasteiger charge is -2.28. The van der Waals surface area contributed by atoms with E-state index in [1.807, 2.05) is 0 Å². The van der Waals surface area contributed by atoms with E-state index in [1.165, 1.54) is 55.3 Å². The fourth-order valence-electron chi connectivity index (χ4n) is 9.23. The molecule has 0 amide bonds. The van der Waals surface area contributed by atoms with Gasteiger partial charge in [0, 0.05) is 27.7 Å². The molecule has 0 bridgehead atoms. The molecular weight excluding hydrogens is 691 g/mol. The van der Waals surface area contributed by atoms with Gasteiger partial charge in [0.2, 0.25) is 0 Å². The largest absolute Gasteiger partial charge is 0.455 e. The number of hydrogen-bond acceptors (Lipinski definition) is 2. The minimum Gasteiger partial charge on any atom is -0.455 e. The first-order valence-electron chi connectivity index (χ1n) is 19.8. The van der Waals surface area contributed by atoms with Crippen LogP contribution in [0.4, 0.5) is 17.1 Å². The van der Waals surface area contributed by atoms with E-state index in [0.717, 1.165) is 50.1 Å². The molecule has 11 rings (SSSR count). The first-order chi connectivity index (χ1) is 28.0. The fourth-order valence-corrected chi connectivity index (χ4v) is 9.23. The summed E-state index contributed by atoms with van der Waals surface area (Å²) in [6.45, 7) is 4.69. The Morgan fingerprint density at radius 1 is 0.421 bits per heavy atom. The van der Waals surface area contributed by atoms with Crippen LogP contribution in [0.2, 0.25) is 0 Å². The van der Waals surface area contributed by atoms with Crippen LogP contribution in [-0.4, -0.2) is 0 Å². The van der Waals surface area contributed by atoms with Gasteiger partial charge >= 0.3 is 0 Å². The van der Waals surface area contributed by atoms with Gasteiger partial charge < -0.3 is 9.32 Å². The van der Waals surface area contributed by atoms with E-state index < -0.39 is 0 Å². The lowest BCUT2D eigenvalue weighted by molar-refractivity contribution is 0.660. The summed E-state index contributed by atoms with van der Waals surface area (Å²) >= 11 is 0. The summed E-state index contributed by atoms with van der Waals surface area (Å²) < 4.78 is 7.00. The van der Waals surface area contributed by atoms with Crippen LogP contribution in [0.15, 0.2) is 205 Å². The van der Waals surface area contributed by atoms with E-state index in [2.05, 4.69) is 219 Å². The molecule has 10 aromatic rings. The van der Waals surface area contributed by atoms with E-state index in [4.69, 9.17) is 4.42 Å². The maximum absolute atomic E-state index is 7.00. The van der Waals surface area contributed by atoms with Gasteiger partial charge in [-0.15, -0.1) is 0 Å². The monoisotopic (exact) mass is 729 g/mol. The van der Waals surface area contributed by atoms with Gasteiger partial charge in [-0.05, 0) is 103 Å². The highest BCUT2D eigenvalue weighted by molar-refractivity contribution is 6.22. The Morgan fingerprint density at radius 3 is 1.75 bits per heavy atom. The summed E-state index contributed by atoms with van der Waals surface area (Å²) in [5.74, 6) is 0. The van der Waals surface area contributed by atoms with Crippen LogP contribution in [0.3, 0.4) is 0 Å². The highest BCUT2D eigenvalue weighted by Crippen LogP contribution is 2.52. The SMILES string of the molecule is CC1(C)c2ccccc2-c2ccc(N(c3ccccc3)c3cccc4oc5c(-c6ccc(-c7ccc(-c8ccccc8)cc7)cc6)c6ccccc6cc5c34)cc21. The highest BCUT2D eigenvalue weighted by atomic mass is 16.3. The number of nitrogens with zero attached hydrogens (tertiary/aromatic N) is 1. The Balaban J connectivity index is 1.07. The molecule has 0 spiro atoms. The van der Waals surface area contributed by atoms with Gasteiger partial charge in [0.25, 0.3) is 0 Å². The molecule has 9 aromatic carbocycles. The standard InChI is InChI=1S/C55H39NO/c1-55(2)48-21-12-11-20-45(48)46-33-32-43(35-49(46)55)56(42-17-7-4-8-18-42)50-22-13-23-51-53(50)47-34-41-16-9-10-19-44(41)52(54(47)57-51)40-30-28-39(29-31-40)38-26-24-37(25-27-38)36-14-5-3-6-15-36/h3-35H,1-2H3. The molecule has 0 saturated heterocycles. The number of anilines is 3. The lowest BCUT2D eigenvalue weighted by Crippen LogP contribution is -2.16. The van der Waals surface area contributed by atoms with Crippen molar-refractivity contribution in [3.63, 3.8) is 0 Å². The molecule has 2 heteroatoms. The van der Waals surface area contributed by atoms with Gasteiger partial charge in [-0.3, -0.25) is 0 Å². The number of furan rings is 1. The molecule has 0 N–H and O–H groups in total. The second kappa shape index (κ2) is 13.0. The first-order valence-corrected chi connectivity index (χ1v) is 19.8. The van der Waals surface area contributed by atoms with Crippen molar-refractivity contribution in [1.82, 2.24) is 0 Å². The maximum Gasteiger partial charge on any atom is 0.143 e. The maximum atomic E-state index is 7.00. The highest BCUT2D eigenvalue weighted by Gasteiger charge is 2.36. The smallest absolute Gasteiger partial charge is 0.143 e. The molecule has 0 unspecified atom stereocenters. The van der Waals surface area contributed by atoms with Crippen LogP contribution in [-0.2, 0) is 5.41 Å². The summed E-state index contributed by atoms with van der Waals surface area (Å²) in [5, 5.41) is 4.55. The average molecular weight is 730 g/mol. The Labute approximate surface area is 332 Å². The summed E-state index contributed by atoms with van der Waals surface area (Å²) in [6, 6.07) is 72.4. The summed E-state index contributed by atoms with van der Waals surface area (Å²) in [5.41, 5.74) is 17.4. The minimum absolute atomic E-state index is 0.117. The Kier molecular flexibility index (Phi) is 7.55. The molecule has 0 fully saturated rings.